The molecule has 1 saturated heterocycles. The number of aromatic nitrogens is 2. The fourth-order valence-electron chi connectivity index (χ4n) is 5.47. The van der Waals surface area contributed by atoms with E-state index in [9.17, 15) is 18.4 Å². The molecule has 0 N–H and O–H groups in total. The zero-order valence-corrected chi connectivity index (χ0v) is 22.9. The Morgan fingerprint density at radius 2 is 1.35 bits per heavy atom. The first-order valence-corrected chi connectivity index (χ1v) is 13.7. The molecule has 0 saturated carbocycles. The van der Waals surface area contributed by atoms with Crippen molar-refractivity contribution in [1.29, 1.82) is 0 Å². The second-order valence-corrected chi connectivity index (χ2v) is 10.5. The number of benzene rings is 3. The molecular weight excluding hydrogens is 510 g/mol. The summed E-state index contributed by atoms with van der Waals surface area (Å²) >= 11 is 0. The molecule has 1 aromatic heterocycles. The number of piperazine rings is 1. The molecule has 8 heteroatoms. The van der Waals surface area contributed by atoms with Gasteiger partial charge < -0.3 is 4.90 Å². The second kappa shape index (κ2) is 12.0. The Bertz CT molecular complexity index is 1560. The van der Waals surface area contributed by atoms with Crippen molar-refractivity contribution < 1.29 is 8.78 Å². The summed E-state index contributed by atoms with van der Waals surface area (Å²) in [5.41, 5.74) is 1.91. The third-order valence-corrected chi connectivity index (χ3v) is 7.80. The van der Waals surface area contributed by atoms with E-state index in [4.69, 9.17) is 0 Å². The first-order chi connectivity index (χ1) is 19.3. The van der Waals surface area contributed by atoms with Crippen molar-refractivity contribution in [2.24, 2.45) is 0 Å². The molecular formula is C32H34F2N4O2. The third kappa shape index (κ3) is 5.77. The van der Waals surface area contributed by atoms with E-state index in [1.54, 1.807) is 6.92 Å². The van der Waals surface area contributed by atoms with Crippen LogP contribution in [0.2, 0.25) is 0 Å². The van der Waals surface area contributed by atoms with E-state index in [1.165, 1.54) is 32.9 Å². The lowest BCUT2D eigenvalue weighted by Crippen LogP contribution is -2.51. The Balaban J connectivity index is 1.51. The summed E-state index contributed by atoms with van der Waals surface area (Å²) < 4.78 is 31.9. The second-order valence-electron chi connectivity index (χ2n) is 10.5. The Labute approximate surface area is 232 Å². The molecule has 40 heavy (non-hydrogen) atoms. The molecule has 2 heterocycles. The van der Waals surface area contributed by atoms with E-state index >= 15 is 0 Å². The quantitative estimate of drug-likeness (QED) is 0.321. The lowest BCUT2D eigenvalue weighted by atomic mass is 10.0. The van der Waals surface area contributed by atoms with Crippen LogP contribution in [0.1, 0.15) is 35.2 Å². The molecule has 6 nitrogen and oxygen atoms in total. The zero-order valence-electron chi connectivity index (χ0n) is 22.9. The van der Waals surface area contributed by atoms with Crippen LogP contribution in [-0.4, -0.2) is 40.2 Å². The van der Waals surface area contributed by atoms with Crippen LogP contribution >= 0.6 is 0 Å². The Hall–Kier alpha value is -4.04. The topological polar surface area (TPSA) is 50.5 Å². The fraction of sp³-hybridized carbons (Fsp3) is 0.312. The van der Waals surface area contributed by atoms with Gasteiger partial charge in [-0.25, -0.2) is 13.6 Å². The molecule has 0 radical (unpaired) electrons. The van der Waals surface area contributed by atoms with Crippen molar-refractivity contribution in [2.75, 3.05) is 31.1 Å². The van der Waals surface area contributed by atoms with Crippen molar-refractivity contribution in [2.45, 2.75) is 39.4 Å². The largest absolute Gasteiger partial charge is 0.363 e. The number of anilines is 1. The molecule has 3 aromatic carbocycles. The normalized spacial score (nSPS) is 14.8. The van der Waals surface area contributed by atoms with Gasteiger partial charge in [-0.3, -0.25) is 18.8 Å². The van der Waals surface area contributed by atoms with Gasteiger partial charge in [-0.05, 0) is 36.1 Å². The molecule has 0 amide bonds. The standard InChI is InChI=1S/C32H34F2N4O2/c1-23(26-12-7-4-8-13-26)20-38-31(39)30(36-18-16-35(17-19-36)21-25-10-5-3-6-11-25)24(2)37(32(38)40)22-27-28(33)14-9-15-29(27)34/h3-15,23H,16-22H2,1-2H3/t23-/m0/s1. The summed E-state index contributed by atoms with van der Waals surface area (Å²) in [6.45, 7) is 7.02. The van der Waals surface area contributed by atoms with Crippen LogP contribution in [0, 0.1) is 18.6 Å². The molecule has 1 aliphatic rings. The summed E-state index contributed by atoms with van der Waals surface area (Å²) in [5.74, 6) is -1.57. The summed E-state index contributed by atoms with van der Waals surface area (Å²) in [6, 6.07) is 23.6. The fourth-order valence-corrected chi connectivity index (χ4v) is 5.47. The molecule has 0 unspecified atom stereocenters. The van der Waals surface area contributed by atoms with E-state index in [0.29, 0.717) is 24.5 Å². The van der Waals surface area contributed by atoms with Crippen molar-refractivity contribution in [3.63, 3.8) is 0 Å². The van der Waals surface area contributed by atoms with E-state index in [0.717, 1.165) is 25.2 Å². The van der Waals surface area contributed by atoms with Crippen LogP contribution in [0.15, 0.2) is 88.5 Å². The van der Waals surface area contributed by atoms with Gasteiger partial charge in [0.15, 0.2) is 0 Å². The van der Waals surface area contributed by atoms with Crippen LogP contribution in [0.5, 0.6) is 0 Å². The van der Waals surface area contributed by atoms with E-state index in [2.05, 4.69) is 17.0 Å². The molecule has 1 aliphatic heterocycles. The van der Waals surface area contributed by atoms with Crippen LogP contribution in [0.25, 0.3) is 0 Å². The van der Waals surface area contributed by atoms with Gasteiger partial charge >= 0.3 is 5.69 Å². The highest BCUT2D eigenvalue weighted by atomic mass is 19.1. The van der Waals surface area contributed by atoms with Crippen molar-refractivity contribution in [1.82, 2.24) is 14.0 Å². The predicted molar refractivity (Wildman–Crippen MR) is 154 cm³/mol. The molecule has 4 aromatic rings. The molecule has 0 bridgehead atoms. The van der Waals surface area contributed by atoms with Crippen LogP contribution in [0.3, 0.4) is 0 Å². The summed E-state index contributed by atoms with van der Waals surface area (Å²) in [5, 5.41) is 0. The predicted octanol–water partition coefficient (Wildman–Crippen LogP) is 4.77. The smallest absolute Gasteiger partial charge is 0.331 e. The van der Waals surface area contributed by atoms with Crippen molar-refractivity contribution in [3.8, 4) is 0 Å². The SMILES string of the molecule is Cc1c(N2CCN(Cc3ccccc3)CC2)c(=O)n(C[C@H](C)c2ccccc2)c(=O)n1Cc1c(F)cccc1F. The molecule has 0 spiro atoms. The number of hydrogen-bond acceptors (Lipinski definition) is 4. The lowest BCUT2D eigenvalue weighted by Gasteiger charge is -2.37. The molecule has 5 rings (SSSR count). The first kappa shape index (κ1) is 27.5. The molecule has 1 fully saturated rings. The number of halogens is 2. The van der Waals surface area contributed by atoms with Crippen LogP contribution < -0.4 is 16.1 Å². The Morgan fingerprint density at radius 3 is 1.98 bits per heavy atom. The highest BCUT2D eigenvalue weighted by molar-refractivity contribution is 5.50. The summed E-state index contributed by atoms with van der Waals surface area (Å²) in [7, 11) is 0. The van der Waals surface area contributed by atoms with Gasteiger partial charge in [0.1, 0.15) is 17.3 Å². The van der Waals surface area contributed by atoms with Crippen LogP contribution in [0.4, 0.5) is 14.5 Å². The number of rotatable bonds is 8. The minimum absolute atomic E-state index is 0.122. The van der Waals surface area contributed by atoms with Gasteiger partial charge in [-0.15, -0.1) is 0 Å². The maximum atomic E-state index is 14.6. The maximum absolute atomic E-state index is 14.6. The first-order valence-electron chi connectivity index (χ1n) is 13.7. The Morgan fingerprint density at radius 1 is 0.750 bits per heavy atom. The molecule has 0 aliphatic carbocycles. The average Bonchev–Trinajstić information content (AvgIpc) is 2.96. The highest BCUT2D eigenvalue weighted by Crippen LogP contribution is 2.21. The maximum Gasteiger partial charge on any atom is 0.331 e. The number of nitrogens with zero attached hydrogens (tertiary/aromatic N) is 4. The minimum atomic E-state index is -0.724. The summed E-state index contributed by atoms with van der Waals surface area (Å²) in [6.07, 6.45) is 0. The molecule has 208 valence electrons. The van der Waals surface area contributed by atoms with Gasteiger partial charge in [0.25, 0.3) is 5.56 Å². The monoisotopic (exact) mass is 544 g/mol. The zero-order chi connectivity index (χ0) is 28.2. The third-order valence-electron chi connectivity index (χ3n) is 7.80. The minimum Gasteiger partial charge on any atom is -0.363 e. The lowest BCUT2D eigenvalue weighted by molar-refractivity contribution is 0.249. The Kier molecular flexibility index (Phi) is 8.26. The van der Waals surface area contributed by atoms with Crippen LogP contribution in [-0.2, 0) is 19.6 Å². The van der Waals surface area contributed by atoms with Crippen molar-refractivity contribution >= 4 is 5.69 Å². The number of hydrogen-bond donors (Lipinski definition) is 0. The van der Waals surface area contributed by atoms with E-state index in [1.807, 2.05) is 60.4 Å². The van der Waals surface area contributed by atoms with Gasteiger partial charge in [0, 0.05) is 50.5 Å². The van der Waals surface area contributed by atoms with Gasteiger partial charge in [-0.2, -0.15) is 0 Å². The van der Waals surface area contributed by atoms with E-state index in [-0.39, 0.29) is 30.1 Å². The van der Waals surface area contributed by atoms with Crippen molar-refractivity contribution in [3.05, 3.63) is 134 Å². The van der Waals surface area contributed by atoms with Gasteiger partial charge in [-0.1, -0.05) is 73.7 Å². The van der Waals surface area contributed by atoms with Gasteiger partial charge in [0.05, 0.1) is 6.54 Å². The van der Waals surface area contributed by atoms with Gasteiger partial charge in [0.2, 0.25) is 0 Å². The summed E-state index contributed by atoms with van der Waals surface area (Å²) in [4.78, 5) is 32.0. The highest BCUT2D eigenvalue weighted by Gasteiger charge is 2.26. The molecule has 1 atom stereocenters. The van der Waals surface area contributed by atoms with E-state index < -0.39 is 17.3 Å². The average molecular weight is 545 g/mol.